The molecule has 4 nitrogen and oxygen atoms in total. The van der Waals surface area contributed by atoms with Gasteiger partial charge in [0.15, 0.2) is 0 Å². The first-order valence-corrected chi connectivity index (χ1v) is 6.71. The maximum atomic E-state index is 5.44. The third-order valence-corrected chi connectivity index (χ3v) is 3.07. The molecule has 2 rings (SSSR count). The quantitative estimate of drug-likeness (QED) is 0.831. The van der Waals surface area contributed by atoms with Gasteiger partial charge in [0.2, 0.25) is 0 Å². The van der Waals surface area contributed by atoms with E-state index in [1.54, 1.807) is 6.20 Å². The van der Waals surface area contributed by atoms with Gasteiger partial charge < -0.3 is 14.6 Å². The van der Waals surface area contributed by atoms with Gasteiger partial charge in [-0.05, 0) is 31.5 Å². The van der Waals surface area contributed by atoms with E-state index >= 15 is 0 Å². The van der Waals surface area contributed by atoms with Crippen LogP contribution in [0.2, 0.25) is 0 Å². The van der Waals surface area contributed by atoms with Crippen molar-refractivity contribution in [3.8, 4) is 5.75 Å². The van der Waals surface area contributed by atoms with E-state index in [2.05, 4.69) is 33.9 Å². The largest absolute Gasteiger partial charge is 0.494 e. The van der Waals surface area contributed by atoms with E-state index in [0.717, 1.165) is 18.8 Å². The number of aromatic nitrogens is 2. The monoisotopic (exact) mass is 259 g/mol. The molecule has 0 saturated carbocycles. The third-order valence-electron chi connectivity index (χ3n) is 3.07. The Morgan fingerprint density at radius 1 is 1.32 bits per heavy atom. The Bertz CT molecular complexity index is 465. The van der Waals surface area contributed by atoms with Crippen molar-refractivity contribution in [3.63, 3.8) is 0 Å². The summed E-state index contributed by atoms with van der Waals surface area (Å²) >= 11 is 0. The highest BCUT2D eigenvalue weighted by Crippen LogP contribution is 2.17. The zero-order chi connectivity index (χ0) is 13.5. The molecule has 0 spiro atoms. The minimum atomic E-state index is 0.333. The fraction of sp³-hybridized carbons (Fsp3) is 0.400. The topological polar surface area (TPSA) is 39.1 Å². The van der Waals surface area contributed by atoms with E-state index in [9.17, 15) is 0 Å². The zero-order valence-electron chi connectivity index (χ0n) is 11.5. The summed E-state index contributed by atoms with van der Waals surface area (Å²) in [5, 5.41) is 3.50. The predicted molar refractivity (Wildman–Crippen MR) is 76.3 cm³/mol. The number of nitrogens with zero attached hydrogens (tertiary/aromatic N) is 2. The van der Waals surface area contributed by atoms with Crippen LogP contribution in [-0.2, 0) is 6.54 Å². The first-order valence-electron chi connectivity index (χ1n) is 6.71. The molecule has 1 atom stereocenters. The average molecular weight is 259 g/mol. The number of nitrogens with one attached hydrogen (secondary N) is 1. The number of rotatable bonds is 7. The number of benzene rings is 1. The molecule has 0 saturated heterocycles. The molecular formula is C15H21N3O. The van der Waals surface area contributed by atoms with Gasteiger partial charge in [-0.2, -0.15) is 0 Å². The minimum Gasteiger partial charge on any atom is -0.494 e. The van der Waals surface area contributed by atoms with Crippen LogP contribution in [0.1, 0.15) is 25.5 Å². The van der Waals surface area contributed by atoms with Crippen molar-refractivity contribution >= 4 is 0 Å². The van der Waals surface area contributed by atoms with Crippen LogP contribution in [0.5, 0.6) is 5.75 Å². The molecule has 1 aromatic heterocycles. The van der Waals surface area contributed by atoms with Gasteiger partial charge in [-0.1, -0.05) is 12.1 Å². The van der Waals surface area contributed by atoms with Crippen LogP contribution in [0.15, 0.2) is 43.0 Å². The number of ether oxygens (including phenoxy) is 1. The number of hydrogen-bond acceptors (Lipinski definition) is 3. The Morgan fingerprint density at radius 3 is 2.74 bits per heavy atom. The molecule has 1 heterocycles. The van der Waals surface area contributed by atoms with E-state index in [4.69, 9.17) is 4.74 Å². The van der Waals surface area contributed by atoms with Gasteiger partial charge in [0.25, 0.3) is 0 Å². The lowest BCUT2D eigenvalue weighted by Gasteiger charge is -2.15. The number of imidazole rings is 1. The predicted octanol–water partition coefficient (Wildman–Crippen LogP) is 2.63. The molecule has 0 aliphatic heterocycles. The highest BCUT2D eigenvalue weighted by molar-refractivity contribution is 5.28. The van der Waals surface area contributed by atoms with Crippen LogP contribution in [0.3, 0.4) is 0 Å². The summed E-state index contributed by atoms with van der Waals surface area (Å²) in [5.41, 5.74) is 1.27. The zero-order valence-corrected chi connectivity index (χ0v) is 11.5. The molecule has 0 radical (unpaired) electrons. The first-order chi connectivity index (χ1) is 9.29. The van der Waals surface area contributed by atoms with Gasteiger partial charge in [-0.15, -0.1) is 0 Å². The van der Waals surface area contributed by atoms with Crippen LogP contribution in [0.25, 0.3) is 0 Å². The van der Waals surface area contributed by atoms with Crippen LogP contribution in [0.4, 0.5) is 0 Å². The average Bonchev–Trinajstić information content (AvgIpc) is 2.93. The number of hydrogen-bond donors (Lipinski definition) is 1. The van der Waals surface area contributed by atoms with Crippen LogP contribution < -0.4 is 10.1 Å². The normalized spacial score (nSPS) is 12.3. The van der Waals surface area contributed by atoms with Crippen molar-refractivity contribution in [1.82, 2.24) is 14.9 Å². The lowest BCUT2D eigenvalue weighted by Crippen LogP contribution is -2.22. The molecule has 0 bridgehead atoms. The van der Waals surface area contributed by atoms with Gasteiger partial charge >= 0.3 is 0 Å². The SMILES string of the molecule is CCOc1ccc(C(C)NCCn2ccnc2)cc1. The molecule has 0 aliphatic rings. The molecule has 102 valence electrons. The lowest BCUT2D eigenvalue weighted by atomic mass is 10.1. The van der Waals surface area contributed by atoms with Gasteiger partial charge in [0.05, 0.1) is 12.9 Å². The summed E-state index contributed by atoms with van der Waals surface area (Å²) in [4.78, 5) is 4.03. The molecule has 1 N–H and O–H groups in total. The van der Waals surface area contributed by atoms with Crippen molar-refractivity contribution in [1.29, 1.82) is 0 Å². The van der Waals surface area contributed by atoms with Gasteiger partial charge in [-0.25, -0.2) is 4.98 Å². The van der Waals surface area contributed by atoms with E-state index in [1.807, 2.05) is 31.6 Å². The maximum absolute atomic E-state index is 5.44. The summed E-state index contributed by atoms with van der Waals surface area (Å²) < 4.78 is 7.51. The molecule has 0 aliphatic carbocycles. The van der Waals surface area contributed by atoms with E-state index in [-0.39, 0.29) is 0 Å². The second-order valence-electron chi connectivity index (χ2n) is 4.48. The standard InChI is InChI=1S/C15H21N3O/c1-3-19-15-6-4-14(5-7-15)13(2)17-9-11-18-10-8-16-12-18/h4-8,10,12-13,17H,3,9,11H2,1-2H3. The molecular weight excluding hydrogens is 238 g/mol. The summed E-state index contributed by atoms with van der Waals surface area (Å²) in [5.74, 6) is 0.928. The Kier molecular flexibility index (Phi) is 4.98. The Labute approximate surface area is 114 Å². The molecule has 0 amide bonds. The van der Waals surface area contributed by atoms with Crippen molar-refractivity contribution in [3.05, 3.63) is 48.5 Å². The van der Waals surface area contributed by atoms with E-state index in [0.29, 0.717) is 12.6 Å². The molecule has 1 unspecified atom stereocenters. The van der Waals surface area contributed by atoms with Crippen molar-refractivity contribution < 1.29 is 4.74 Å². The smallest absolute Gasteiger partial charge is 0.119 e. The third kappa shape index (κ3) is 4.10. The summed E-state index contributed by atoms with van der Waals surface area (Å²) in [6.45, 7) is 6.72. The van der Waals surface area contributed by atoms with E-state index in [1.165, 1.54) is 5.56 Å². The summed E-state index contributed by atoms with van der Waals surface area (Å²) in [7, 11) is 0. The maximum Gasteiger partial charge on any atom is 0.119 e. The minimum absolute atomic E-state index is 0.333. The van der Waals surface area contributed by atoms with Crippen molar-refractivity contribution in [2.45, 2.75) is 26.4 Å². The van der Waals surface area contributed by atoms with Gasteiger partial charge in [-0.3, -0.25) is 0 Å². The van der Waals surface area contributed by atoms with E-state index < -0.39 is 0 Å². The van der Waals surface area contributed by atoms with Crippen LogP contribution in [-0.4, -0.2) is 22.7 Å². The van der Waals surface area contributed by atoms with Crippen LogP contribution >= 0.6 is 0 Å². The Hall–Kier alpha value is -1.81. The van der Waals surface area contributed by atoms with Crippen LogP contribution in [0, 0.1) is 0 Å². The second-order valence-corrected chi connectivity index (χ2v) is 4.48. The van der Waals surface area contributed by atoms with Crippen molar-refractivity contribution in [2.75, 3.05) is 13.2 Å². The molecule has 1 aromatic carbocycles. The van der Waals surface area contributed by atoms with Crippen molar-refractivity contribution in [2.24, 2.45) is 0 Å². The first kappa shape index (κ1) is 13.6. The van der Waals surface area contributed by atoms with Gasteiger partial charge in [0, 0.05) is 31.5 Å². The molecule has 2 aromatic rings. The van der Waals surface area contributed by atoms with Gasteiger partial charge in [0.1, 0.15) is 5.75 Å². The fourth-order valence-corrected chi connectivity index (χ4v) is 1.97. The molecule has 0 fully saturated rings. The summed E-state index contributed by atoms with van der Waals surface area (Å²) in [6, 6.07) is 8.60. The highest BCUT2D eigenvalue weighted by Gasteiger charge is 2.04. The lowest BCUT2D eigenvalue weighted by molar-refractivity contribution is 0.340. The molecule has 4 heteroatoms. The molecule has 19 heavy (non-hydrogen) atoms. The summed E-state index contributed by atoms with van der Waals surface area (Å²) in [6.07, 6.45) is 5.61. The Balaban J connectivity index is 1.80. The fourth-order valence-electron chi connectivity index (χ4n) is 1.97. The second kappa shape index (κ2) is 6.95. The highest BCUT2D eigenvalue weighted by atomic mass is 16.5. The Morgan fingerprint density at radius 2 is 2.11 bits per heavy atom.